The Balaban J connectivity index is 2.80. The minimum atomic E-state index is -0.335. The third kappa shape index (κ3) is 1.28. The zero-order valence-electron chi connectivity index (χ0n) is 6.67. The van der Waals surface area contributed by atoms with E-state index in [1.165, 1.54) is 12.1 Å². The second kappa shape index (κ2) is 2.97. The highest BCUT2D eigenvalue weighted by molar-refractivity contribution is 6.32. The molecule has 2 aromatic rings. The van der Waals surface area contributed by atoms with E-state index in [1.54, 1.807) is 10.6 Å². The van der Waals surface area contributed by atoms with Gasteiger partial charge in [0.1, 0.15) is 11.6 Å². The molecule has 0 unspecified atom stereocenters. The molecule has 13 heavy (non-hydrogen) atoms. The van der Waals surface area contributed by atoms with E-state index in [-0.39, 0.29) is 17.5 Å². The average molecular weight is 200 g/mol. The van der Waals surface area contributed by atoms with Crippen LogP contribution in [0.3, 0.4) is 0 Å². The van der Waals surface area contributed by atoms with E-state index >= 15 is 0 Å². The average Bonchev–Trinajstić information content (AvgIpc) is 2.43. The van der Waals surface area contributed by atoms with E-state index in [1.807, 2.05) is 0 Å². The molecule has 3 nitrogen and oxygen atoms in total. The maximum Gasteiger partial charge on any atom is 0.155 e. The van der Waals surface area contributed by atoms with E-state index in [0.29, 0.717) is 11.3 Å². The predicted octanol–water partition coefficient (Wildman–Crippen LogP) is 1.59. The Morgan fingerprint density at radius 2 is 2.38 bits per heavy atom. The van der Waals surface area contributed by atoms with Crippen LogP contribution < -0.4 is 5.73 Å². The van der Waals surface area contributed by atoms with E-state index in [4.69, 9.17) is 17.3 Å². The van der Waals surface area contributed by atoms with Crippen LogP contribution in [-0.2, 0) is 6.54 Å². The molecule has 0 aromatic carbocycles. The number of rotatable bonds is 1. The molecule has 0 aliphatic carbocycles. The van der Waals surface area contributed by atoms with Crippen molar-refractivity contribution in [2.75, 3.05) is 0 Å². The lowest BCUT2D eigenvalue weighted by Gasteiger charge is -1.96. The monoisotopic (exact) mass is 199 g/mol. The maximum absolute atomic E-state index is 12.8. The molecular formula is C8H7ClFN3. The summed E-state index contributed by atoms with van der Waals surface area (Å²) in [6.45, 7) is 0.277. The molecule has 2 heterocycles. The van der Waals surface area contributed by atoms with E-state index in [9.17, 15) is 4.39 Å². The first-order valence-corrected chi connectivity index (χ1v) is 4.12. The number of halogens is 2. The summed E-state index contributed by atoms with van der Waals surface area (Å²) in [5, 5.41) is 0.278. The van der Waals surface area contributed by atoms with Gasteiger partial charge in [-0.3, -0.25) is 0 Å². The summed E-state index contributed by atoms with van der Waals surface area (Å²) in [4.78, 5) is 3.99. The normalized spacial score (nSPS) is 11.0. The molecular weight excluding hydrogens is 193 g/mol. The van der Waals surface area contributed by atoms with Gasteiger partial charge in [0.2, 0.25) is 0 Å². The third-order valence-electron chi connectivity index (χ3n) is 1.82. The van der Waals surface area contributed by atoms with Crippen molar-refractivity contribution in [1.82, 2.24) is 9.38 Å². The summed E-state index contributed by atoms with van der Waals surface area (Å²) >= 11 is 5.77. The topological polar surface area (TPSA) is 43.3 Å². The van der Waals surface area contributed by atoms with Gasteiger partial charge >= 0.3 is 0 Å². The van der Waals surface area contributed by atoms with Crippen LogP contribution in [0.15, 0.2) is 18.3 Å². The number of aromatic nitrogens is 2. The SMILES string of the molecule is NCc1nc(Cl)c2cc(F)ccn12. The molecule has 0 aliphatic rings. The fourth-order valence-electron chi connectivity index (χ4n) is 1.23. The minimum Gasteiger partial charge on any atom is -0.324 e. The number of hydrogen-bond acceptors (Lipinski definition) is 2. The van der Waals surface area contributed by atoms with Gasteiger partial charge in [0, 0.05) is 12.3 Å². The largest absolute Gasteiger partial charge is 0.324 e. The summed E-state index contributed by atoms with van der Waals surface area (Å²) in [6, 6.07) is 2.67. The molecule has 0 spiro atoms. The van der Waals surface area contributed by atoms with Crippen molar-refractivity contribution in [3.63, 3.8) is 0 Å². The number of hydrogen-bond donors (Lipinski definition) is 1. The third-order valence-corrected chi connectivity index (χ3v) is 2.09. The van der Waals surface area contributed by atoms with Gasteiger partial charge in [-0.05, 0) is 6.07 Å². The molecule has 68 valence electrons. The summed E-state index contributed by atoms with van der Waals surface area (Å²) in [6.07, 6.45) is 1.56. The molecule has 0 aliphatic heterocycles. The van der Waals surface area contributed by atoms with Gasteiger partial charge in [-0.25, -0.2) is 9.37 Å². The van der Waals surface area contributed by atoms with Crippen molar-refractivity contribution in [2.24, 2.45) is 5.73 Å². The number of imidazole rings is 1. The van der Waals surface area contributed by atoms with Gasteiger partial charge in [-0.1, -0.05) is 11.6 Å². The zero-order chi connectivity index (χ0) is 9.42. The van der Waals surface area contributed by atoms with Gasteiger partial charge in [-0.2, -0.15) is 0 Å². The van der Waals surface area contributed by atoms with Crippen LogP contribution in [0.5, 0.6) is 0 Å². The van der Waals surface area contributed by atoms with Crippen LogP contribution in [-0.4, -0.2) is 9.38 Å². The van der Waals surface area contributed by atoms with Crippen molar-refractivity contribution in [3.05, 3.63) is 35.1 Å². The second-order valence-electron chi connectivity index (χ2n) is 2.62. The lowest BCUT2D eigenvalue weighted by Crippen LogP contribution is -2.02. The number of fused-ring (bicyclic) bond motifs is 1. The summed E-state index contributed by atoms with van der Waals surface area (Å²) in [7, 11) is 0. The lowest BCUT2D eigenvalue weighted by atomic mass is 10.4. The van der Waals surface area contributed by atoms with Crippen molar-refractivity contribution < 1.29 is 4.39 Å². The molecule has 0 atom stereocenters. The Hall–Kier alpha value is -1.13. The fraction of sp³-hybridized carbons (Fsp3) is 0.125. The van der Waals surface area contributed by atoms with Gasteiger partial charge in [-0.15, -0.1) is 0 Å². The Kier molecular flexibility index (Phi) is 1.94. The van der Waals surface area contributed by atoms with Gasteiger partial charge in [0.15, 0.2) is 5.15 Å². The maximum atomic E-state index is 12.8. The summed E-state index contributed by atoms with van der Waals surface area (Å²) in [5.74, 6) is 0.290. The quantitative estimate of drug-likeness (QED) is 0.758. The first kappa shape index (κ1) is 8.47. The van der Waals surface area contributed by atoms with Crippen LogP contribution in [0, 0.1) is 5.82 Å². The fourth-order valence-corrected chi connectivity index (χ4v) is 1.47. The molecule has 0 bridgehead atoms. The zero-order valence-corrected chi connectivity index (χ0v) is 7.42. The molecule has 0 amide bonds. The van der Waals surface area contributed by atoms with E-state index in [0.717, 1.165) is 0 Å². The highest BCUT2D eigenvalue weighted by Crippen LogP contribution is 2.18. The Morgan fingerprint density at radius 1 is 1.62 bits per heavy atom. The van der Waals surface area contributed by atoms with Crippen LogP contribution in [0.1, 0.15) is 5.82 Å². The predicted molar refractivity (Wildman–Crippen MR) is 48.1 cm³/mol. The van der Waals surface area contributed by atoms with Crippen molar-refractivity contribution >= 4 is 17.1 Å². The number of nitrogens with zero attached hydrogens (tertiary/aromatic N) is 2. The number of pyridine rings is 1. The Morgan fingerprint density at radius 3 is 3.08 bits per heavy atom. The van der Waals surface area contributed by atoms with Crippen molar-refractivity contribution in [2.45, 2.75) is 6.54 Å². The van der Waals surface area contributed by atoms with Crippen LogP contribution in [0.25, 0.3) is 5.52 Å². The van der Waals surface area contributed by atoms with E-state index in [2.05, 4.69) is 4.98 Å². The lowest BCUT2D eigenvalue weighted by molar-refractivity contribution is 0.626. The standard InChI is InChI=1S/C8H7ClFN3/c9-8-6-3-5(10)1-2-13(6)7(4-11)12-8/h1-3H,4,11H2. The summed E-state index contributed by atoms with van der Waals surface area (Å²) in [5.41, 5.74) is 5.98. The van der Waals surface area contributed by atoms with Crippen LogP contribution >= 0.6 is 11.6 Å². The molecule has 2 N–H and O–H groups in total. The highest BCUT2D eigenvalue weighted by Gasteiger charge is 2.07. The molecule has 0 saturated heterocycles. The van der Waals surface area contributed by atoms with E-state index < -0.39 is 0 Å². The first-order valence-electron chi connectivity index (χ1n) is 3.74. The summed E-state index contributed by atoms with van der Waals surface area (Å²) < 4.78 is 14.5. The molecule has 0 radical (unpaired) electrons. The number of nitrogens with two attached hydrogens (primary N) is 1. The molecule has 2 aromatic heterocycles. The minimum absolute atomic E-state index is 0.277. The highest BCUT2D eigenvalue weighted by atomic mass is 35.5. The van der Waals surface area contributed by atoms with Gasteiger partial charge in [0.05, 0.1) is 12.1 Å². The van der Waals surface area contributed by atoms with Crippen molar-refractivity contribution in [1.29, 1.82) is 0 Å². The van der Waals surface area contributed by atoms with Crippen LogP contribution in [0.2, 0.25) is 5.15 Å². The van der Waals surface area contributed by atoms with Gasteiger partial charge in [0.25, 0.3) is 0 Å². The Bertz CT molecular complexity index is 452. The smallest absolute Gasteiger partial charge is 0.155 e. The molecule has 5 heteroatoms. The molecule has 0 saturated carbocycles. The second-order valence-corrected chi connectivity index (χ2v) is 2.98. The molecule has 0 fully saturated rings. The molecule has 2 rings (SSSR count). The van der Waals surface area contributed by atoms with Crippen LogP contribution in [0.4, 0.5) is 4.39 Å². The van der Waals surface area contributed by atoms with Crippen molar-refractivity contribution in [3.8, 4) is 0 Å². The first-order chi connectivity index (χ1) is 6.22. The Labute approximate surface area is 78.9 Å². The van der Waals surface area contributed by atoms with Gasteiger partial charge < -0.3 is 10.1 Å².